The first-order chi connectivity index (χ1) is 9.61. The fourth-order valence-corrected chi connectivity index (χ4v) is 2.33. The van der Waals surface area contributed by atoms with Crippen LogP contribution in [0.15, 0.2) is 46.9 Å². The minimum atomic E-state index is -0.135. The van der Waals surface area contributed by atoms with Gasteiger partial charge in [0.25, 0.3) is 5.91 Å². The molecule has 0 radical (unpaired) electrons. The van der Waals surface area contributed by atoms with Gasteiger partial charge in [-0.3, -0.25) is 4.79 Å². The van der Waals surface area contributed by atoms with Crippen LogP contribution in [0.2, 0.25) is 0 Å². The minimum absolute atomic E-state index is 0.135. The van der Waals surface area contributed by atoms with Gasteiger partial charge in [-0.2, -0.15) is 0 Å². The van der Waals surface area contributed by atoms with E-state index in [1.54, 1.807) is 6.07 Å². The summed E-state index contributed by atoms with van der Waals surface area (Å²) in [5.74, 6) is 0.675. The second-order valence-corrected chi connectivity index (χ2v) is 5.20. The number of rotatable bonds is 4. The van der Waals surface area contributed by atoms with Crippen LogP contribution < -0.4 is 10.1 Å². The summed E-state index contributed by atoms with van der Waals surface area (Å²) in [5.41, 5.74) is 2.37. The lowest BCUT2D eigenvalue weighted by atomic mass is 10.1. The molecule has 1 amide bonds. The topological polar surface area (TPSA) is 38.3 Å². The Balaban J connectivity index is 2.18. The summed E-state index contributed by atoms with van der Waals surface area (Å²) in [4.78, 5) is 12.2. The molecule has 0 atom stereocenters. The van der Waals surface area contributed by atoms with E-state index < -0.39 is 0 Å². The predicted octanol–water partition coefficient (Wildman–Crippen LogP) is 4.41. The predicted molar refractivity (Wildman–Crippen MR) is 84.4 cm³/mol. The van der Waals surface area contributed by atoms with Gasteiger partial charge >= 0.3 is 0 Å². The van der Waals surface area contributed by atoms with E-state index in [0.717, 1.165) is 21.5 Å². The summed E-state index contributed by atoms with van der Waals surface area (Å²) in [7, 11) is 0. The maximum absolute atomic E-state index is 12.2. The van der Waals surface area contributed by atoms with Crippen LogP contribution in [0.3, 0.4) is 0 Å². The summed E-state index contributed by atoms with van der Waals surface area (Å²) in [5, 5.41) is 2.91. The zero-order valence-electron chi connectivity index (χ0n) is 11.4. The summed E-state index contributed by atoms with van der Waals surface area (Å²) < 4.78 is 6.21. The first-order valence-corrected chi connectivity index (χ1v) is 7.20. The molecule has 3 nitrogen and oxygen atoms in total. The van der Waals surface area contributed by atoms with Gasteiger partial charge in [0.1, 0.15) is 5.75 Å². The monoisotopic (exact) mass is 333 g/mol. The van der Waals surface area contributed by atoms with Crippen molar-refractivity contribution in [3.63, 3.8) is 0 Å². The van der Waals surface area contributed by atoms with E-state index >= 15 is 0 Å². The van der Waals surface area contributed by atoms with Crippen LogP contribution in [0.25, 0.3) is 0 Å². The van der Waals surface area contributed by atoms with Gasteiger partial charge in [0.05, 0.1) is 12.2 Å². The van der Waals surface area contributed by atoms with Gasteiger partial charge in [-0.05, 0) is 65.7 Å². The van der Waals surface area contributed by atoms with Gasteiger partial charge in [0.2, 0.25) is 0 Å². The summed E-state index contributed by atoms with van der Waals surface area (Å²) in [6, 6.07) is 13.0. The van der Waals surface area contributed by atoms with E-state index in [1.165, 1.54) is 0 Å². The second kappa shape index (κ2) is 6.57. The molecule has 0 unspecified atom stereocenters. The quantitative estimate of drug-likeness (QED) is 0.899. The largest absolute Gasteiger partial charge is 0.494 e. The molecule has 4 heteroatoms. The van der Waals surface area contributed by atoms with Gasteiger partial charge in [-0.25, -0.2) is 0 Å². The molecule has 0 aliphatic rings. The number of hydrogen-bond donors (Lipinski definition) is 1. The van der Waals surface area contributed by atoms with E-state index in [-0.39, 0.29) is 5.91 Å². The normalized spacial score (nSPS) is 10.2. The van der Waals surface area contributed by atoms with Crippen LogP contribution in [0.5, 0.6) is 5.75 Å². The number of hydrogen-bond acceptors (Lipinski definition) is 2. The van der Waals surface area contributed by atoms with Gasteiger partial charge < -0.3 is 10.1 Å². The molecule has 2 rings (SSSR count). The number of carbonyl (C=O) groups excluding carboxylic acids is 1. The first-order valence-electron chi connectivity index (χ1n) is 6.41. The standard InChI is InChI=1S/C16H16BrNO2/c1-3-20-12-8-9-15(11(2)10-12)18-16(19)13-6-4-5-7-14(13)17/h4-10H,3H2,1-2H3,(H,18,19). The lowest BCUT2D eigenvalue weighted by molar-refractivity contribution is 0.102. The van der Waals surface area contributed by atoms with Crippen LogP contribution in [0, 0.1) is 6.92 Å². The smallest absolute Gasteiger partial charge is 0.256 e. The Morgan fingerprint density at radius 2 is 2.00 bits per heavy atom. The number of carbonyl (C=O) groups is 1. The molecule has 1 N–H and O–H groups in total. The SMILES string of the molecule is CCOc1ccc(NC(=O)c2ccccc2Br)c(C)c1. The van der Waals surface area contributed by atoms with Gasteiger partial charge in [-0.1, -0.05) is 12.1 Å². The maximum atomic E-state index is 12.2. The van der Waals surface area contributed by atoms with Crippen molar-refractivity contribution in [3.8, 4) is 5.75 Å². The summed E-state index contributed by atoms with van der Waals surface area (Å²) in [6.07, 6.45) is 0. The molecule has 0 saturated carbocycles. The van der Waals surface area contributed by atoms with Crippen molar-refractivity contribution in [2.75, 3.05) is 11.9 Å². The molecule has 2 aromatic rings. The van der Waals surface area contributed by atoms with Crippen LogP contribution in [0.1, 0.15) is 22.8 Å². The average Bonchev–Trinajstić information content (AvgIpc) is 2.42. The molecule has 0 spiro atoms. The third kappa shape index (κ3) is 3.39. The number of halogens is 1. The lowest BCUT2D eigenvalue weighted by Crippen LogP contribution is -2.13. The van der Waals surface area contributed by atoms with E-state index in [2.05, 4.69) is 21.2 Å². The number of aryl methyl sites for hydroxylation is 1. The third-order valence-corrected chi connectivity index (χ3v) is 3.57. The Bertz CT molecular complexity index is 626. The average molecular weight is 334 g/mol. The highest BCUT2D eigenvalue weighted by atomic mass is 79.9. The minimum Gasteiger partial charge on any atom is -0.494 e. The van der Waals surface area contributed by atoms with E-state index in [9.17, 15) is 4.79 Å². The third-order valence-electron chi connectivity index (χ3n) is 2.88. The molecule has 0 bridgehead atoms. The lowest BCUT2D eigenvalue weighted by Gasteiger charge is -2.11. The Morgan fingerprint density at radius 1 is 1.25 bits per heavy atom. The fourth-order valence-electron chi connectivity index (χ4n) is 1.87. The fraction of sp³-hybridized carbons (Fsp3) is 0.188. The molecule has 104 valence electrons. The van der Waals surface area contributed by atoms with Crippen LogP contribution >= 0.6 is 15.9 Å². The Morgan fingerprint density at radius 3 is 2.65 bits per heavy atom. The van der Waals surface area contributed by atoms with Crippen molar-refractivity contribution in [2.45, 2.75) is 13.8 Å². The molecule has 0 saturated heterocycles. The van der Waals surface area contributed by atoms with E-state index in [1.807, 2.05) is 50.2 Å². The molecular weight excluding hydrogens is 318 g/mol. The molecule has 0 heterocycles. The van der Waals surface area contributed by atoms with Gasteiger partial charge in [0.15, 0.2) is 0 Å². The van der Waals surface area contributed by atoms with E-state index in [0.29, 0.717) is 12.2 Å². The van der Waals surface area contributed by atoms with Gasteiger partial charge in [0, 0.05) is 10.2 Å². The van der Waals surface area contributed by atoms with Crippen molar-refractivity contribution in [3.05, 3.63) is 58.1 Å². The number of benzene rings is 2. The van der Waals surface area contributed by atoms with Crippen LogP contribution in [-0.2, 0) is 0 Å². The van der Waals surface area contributed by atoms with E-state index in [4.69, 9.17) is 4.74 Å². The van der Waals surface area contributed by atoms with Crippen molar-refractivity contribution >= 4 is 27.5 Å². The molecule has 0 fully saturated rings. The number of amides is 1. The van der Waals surface area contributed by atoms with Crippen molar-refractivity contribution in [1.29, 1.82) is 0 Å². The zero-order valence-corrected chi connectivity index (χ0v) is 13.0. The number of ether oxygens (including phenoxy) is 1. The number of nitrogens with one attached hydrogen (secondary N) is 1. The number of anilines is 1. The highest BCUT2D eigenvalue weighted by Gasteiger charge is 2.10. The molecule has 20 heavy (non-hydrogen) atoms. The molecule has 0 aliphatic carbocycles. The van der Waals surface area contributed by atoms with Crippen LogP contribution in [0.4, 0.5) is 5.69 Å². The summed E-state index contributed by atoms with van der Waals surface area (Å²) in [6.45, 7) is 4.51. The Kier molecular flexibility index (Phi) is 4.79. The van der Waals surface area contributed by atoms with Crippen LogP contribution in [-0.4, -0.2) is 12.5 Å². The Labute approximate surface area is 127 Å². The first kappa shape index (κ1) is 14.6. The highest BCUT2D eigenvalue weighted by Crippen LogP contribution is 2.23. The highest BCUT2D eigenvalue weighted by molar-refractivity contribution is 9.10. The van der Waals surface area contributed by atoms with Crippen molar-refractivity contribution in [2.24, 2.45) is 0 Å². The maximum Gasteiger partial charge on any atom is 0.256 e. The second-order valence-electron chi connectivity index (χ2n) is 4.34. The molecule has 2 aromatic carbocycles. The Hall–Kier alpha value is -1.81. The molecular formula is C16H16BrNO2. The van der Waals surface area contributed by atoms with Crippen molar-refractivity contribution in [1.82, 2.24) is 0 Å². The molecule has 0 aromatic heterocycles. The van der Waals surface area contributed by atoms with Gasteiger partial charge in [-0.15, -0.1) is 0 Å². The summed E-state index contributed by atoms with van der Waals surface area (Å²) >= 11 is 3.38. The zero-order chi connectivity index (χ0) is 14.5. The molecule has 0 aliphatic heterocycles. The van der Waals surface area contributed by atoms with Crippen molar-refractivity contribution < 1.29 is 9.53 Å².